The predicted octanol–water partition coefficient (Wildman–Crippen LogP) is 5.70. The van der Waals surface area contributed by atoms with Crippen LogP contribution < -0.4 is 9.47 Å². The summed E-state index contributed by atoms with van der Waals surface area (Å²) in [6.07, 6.45) is 4.05. The molecule has 0 aliphatic heterocycles. The van der Waals surface area contributed by atoms with E-state index in [9.17, 15) is 13.2 Å². The molecule has 11 heteroatoms. The summed E-state index contributed by atoms with van der Waals surface area (Å²) in [4.78, 5) is 21.9. The number of halogens is 3. The Morgan fingerprint density at radius 3 is 2.32 bits per heavy atom. The van der Waals surface area contributed by atoms with Crippen LogP contribution in [0, 0.1) is 0 Å². The van der Waals surface area contributed by atoms with Crippen molar-refractivity contribution in [2.45, 2.75) is 50.3 Å². The molecule has 0 radical (unpaired) electrons. The normalized spacial score (nSPS) is 15.5. The van der Waals surface area contributed by atoms with Gasteiger partial charge in [0.25, 0.3) is 0 Å². The summed E-state index contributed by atoms with van der Waals surface area (Å²) >= 11 is 0. The zero-order valence-electron chi connectivity index (χ0n) is 20.9. The maximum absolute atomic E-state index is 13.0. The molecule has 0 unspecified atom stereocenters. The predicted molar refractivity (Wildman–Crippen MR) is 132 cm³/mol. The third-order valence-corrected chi connectivity index (χ3v) is 6.77. The number of benzene rings is 1. The first-order valence-electron chi connectivity index (χ1n) is 12.4. The number of nitrogens with zero attached hydrogens (tertiary/aromatic N) is 6. The lowest BCUT2D eigenvalue weighted by molar-refractivity contribution is -0.140. The minimum Gasteiger partial charge on any atom is -0.480 e. The maximum atomic E-state index is 13.0. The van der Waals surface area contributed by atoms with Gasteiger partial charge in [-0.1, -0.05) is 24.3 Å². The second kappa shape index (κ2) is 9.38. The third kappa shape index (κ3) is 4.80. The van der Waals surface area contributed by atoms with E-state index in [1.165, 1.54) is 10.9 Å². The van der Waals surface area contributed by atoms with Gasteiger partial charge in [-0.15, -0.1) is 0 Å². The van der Waals surface area contributed by atoms with Gasteiger partial charge in [-0.25, -0.2) is 19.9 Å². The van der Waals surface area contributed by atoms with Gasteiger partial charge in [-0.2, -0.15) is 18.2 Å². The summed E-state index contributed by atoms with van der Waals surface area (Å²) in [5, 5.41) is 0. The molecule has 0 atom stereocenters. The van der Waals surface area contributed by atoms with E-state index in [2.05, 4.69) is 19.9 Å². The van der Waals surface area contributed by atoms with E-state index in [4.69, 9.17) is 14.5 Å². The van der Waals surface area contributed by atoms with E-state index < -0.39 is 11.9 Å². The van der Waals surface area contributed by atoms with Crippen molar-refractivity contribution < 1.29 is 22.6 Å². The molecule has 2 aliphatic rings. The molecule has 4 aromatic rings. The van der Waals surface area contributed by atoms with E-state index in [1.54, 1.807) is 26.3 Å². The van der Waals surface area contributed by atoms with Crippen LogP contribution in [0.25, 0.3) is 22.8 Å². The first kappa shape index (κ1) is 24.3. The van der Waals surface area contributed by atoms with E-state index >= 15 is 0 Å². The molecule has 38 heavy (non-hydrogen) atoms. The number of methoxy groups -OCH3 is 1. The van der Waals surface area contributed by atoms with Crippen LogP contribution in [0.3, 0.4) is 0 Å². The van der Waals surface area contributed by atoms with Crippen LogP contribution in [0.4, 0.5) is 13.2 Å². The van der Waals surface area contributed by atoms with Crippen LogP contribution >= 0.6 is 0 Å². The number of rotatable bonds is 8. The van der Waals surface area contributed by atoms with Crippen molar-refractivity contribution in [1.29, 1.82) is 0 Å². The molecule has 2 aliphatic carbocycles. The highest BCUT2D eigenvalue weighted by Gasteiger charge is 2.35. The minimum absolute atomic E-state index is 0.239. The van der Waals surface area contributed by atoms with Crippen LogP contribution in [0.2, 0.25) is 0 Å². The lowest BCUT2D eigenvalue weighted by Crippen LogP contribution is -2.06. The number of aryl methyl sites for hydroxylation is 1. The summed E-state index contributed by atoms with van der Waals surface area (Å²) in [7, 11) is 3.11. The van der Waals surface area contributed by atoms with Crippen molar-refractivity contribution in [3.63, 3.8) is 0 Å². The average molecular weight is 523 g/mol. The van der Waals surface area contributed by atoms with Gasteiger partial charge in [0.05, 0.1) is 12.8 Å². The number of imidazole rings is 1. The van der Waals surface area contributed by atoms with Gasteiger partial charge in [0.1, 0.15) is 24.3 Å². The molecule has 0 spiro atoms. The first-order valence-corrected chi connectivity index (χ1v) is 12.4. The van der Waals surface area contributed by atoms with Gasteiger partial charge in [-0.05, 0) is 37.2 Å². The molecule has 0 amide bonds. The highest BCUT2D eigenvalue weighted by Crippen LogP contribution is 2.47. The zero-order valence-corrected chi connectivity index (χ0v) is 20.9. The Morgan fingerprint density at radius 2 is 1.68 bits per heavy atom. The number of alkyl halides is 3. The standard InChI is InChI=1S/C27H25F3N6O2/c1-36-12-20(27(28,29)30)34-24(36)18-5-3-15(4-6-18)13-38-25-19(16-7-8-16)11-31-23(35-25)21-22(17-9-10-17)32-14-33-26(21)37-2/h3-6,11-12,14,16-17H,7-10,13H2,1-2H3. The first-order chi connectivity index (χ1) is 18.3. The van der Waals surface area contributed by atoms with Gasteiger partial charge in [0.2, 0.25) is 11.8 Å². The van der Waals surface area contributed by atoms with E-state index in [-0.39, 0.29) is 12.4 Å². The number of hydrogen-bond acceptors (Lipinski definition) is 7. The summed E-state index contributed by atoms with van der Waals surface area (Å²) in [5.41, 5.74) is 3.06. The topological polar surface area (TPSA) is 87.8 Å². The molecular formula is C27H25F3N6O2. The van der Waals surface area contributed by atoms with Crippen molar-refractivity contribution >= 4 is 0 Å². The average Bonchev–Trinajstić information content (AvgIpc) is 3.84. The minimum atomic E-state index is -4.49. The van der Waals surface area contributed by atoms with Crippen LogP contribution in [0.1, 0.15) is 60.0 Å². The fraction of sp³-hybridized carbons (Fsp3) is 0.370. The fourth-order valence-corrected chi connectivity index (χ4v) is 4.47. The molecule has 8 nitrogen and oxygen atoms in total. The van der Waals surface area contributed by atoms with Crippen molar-refractivity contribution in [3.8, 4) is 34.5 Å². The number of aromatic nitrogens is 6. The van der Waals surface area contributed by atoms with Crippen LogP contribution in [0.5, 0.6) is 11.8 Å². The van der Waals surface area contributed by atoms with E-state index in [1.807, 2.05) is 18.3 Å². The Hall–Kier alpha value is -4.02. The Morgan fingerprint density at radius 1 is 0.947 bits per heavy atom. The monoisotopic (exact) mass is 522 g/mol. The Kier molecular flexibility index (Phi) is 6.00. The molecule has 196 valence electrons. The molecule has 3 aromatic heterocycles. The largest absolute Gasteiger partial charge is 0.480 e. The molecular weight excluding hydrogens is 497 g/mol. The van der Waals surface area contributed by atoms with Gasteiger partial charge in [-0.3, -0.25) is 0 Å². The molecule has 0 bridgehead atoms. The van der Waals surface area contributed by atoms with Gasteiger partial charge >= 0.3 is 6.18 Å². The van der Waals surface area contributed by atoms with Gasteiger partial charge in [0.15, 0.2) is 11.5 Å². The summed E-state index contributed by atoms with van der Waals surface area (Å²) < 4.78 is 52.2. The lowest BCUT2D eigenvalue weighted by atomic mass is 10.1. The fourth-order valence-electron chi connectivity index (χ4n) is 4.47. The molecule has 2 saturated carbocycles. The Labute approximate surface area is 216 Å². The Balaban J connectivity index is 1.25. The van der Waals surface area contributed by atoms with Gasteiger partial charge < -0.3 is 14.0 Å². The lowest BCUT2D eigenvalue weighted by Gasteiger charge is -2.14. The highest BCUT2D eigenvalue weighted by atomic mass is 19.4. The molecule has 3 heterocycles. The van der Waals surface area contributed by atoms with Crippen LogP contribution in [-0.4, -0.2) is 36.6 Å². The van der Waals surface area contributed by atoms with Crippen molar-refractivity contribution in [3.05, 3.63) is 65.5 Å². The molecule has 0 N–H and O–H groups in total. The molecule has 6 rings (SSSR count). The zero-order chi connectivity index (χ0) is 26.4. The van der Waals surface area contributed by atoms with Crippen molar-refractivity contribution in [1.82, 2.24) is 29.5 Å². The number of hydrogen-bond donors (Lipinski definition) is 0. The van der Waals surface area contributed by atoms with Crippen LogP contribution in [0.15, 0.2) is 43.0 Å². The summed E-state index contributed by atoms with van der Waals surface area (Å²) in [5.74, 6) is 2.37. The summed E-state index contributed by atoms with van der Waals surface area (Å²) in [6.45, 7) is 0.239. The maximum Gasteiger partial charge on any atom is 0.434 e. The molecule has 0 saturated heterocycles. The smallest absolute Gasteiger partial charge is 0.434 e. The van der Waals surface area contributed by atoms with Crippen molar-refractivity contribution in [2.24, 2.45) is 7.05 Å². The molecule has 2 fully saturated rings. The quantitative estimate of drug-likeness (QED) is 0.294. The van der Waals surface area contributed by atoms with Crippen molar-refractivity contribution in [2.75, 3.05) is 7.11 Å². The Bertz CT molecular complexity index is 1480. The third-order valence-electron chi connectivity index (χ3n) is 6.77. The second-order valence-corrected chi connectivity index (χ2v) is 9.69. The SMILES string of the molecule is COc1ncnc(C2CC2)c1-c1ncc(C2CC2)c(OCc2ccc(-c3nc(C(F)(F)F)cn3C)cc2)n1. The highest BCUT2D eigenvalue weighted by molar-refractivity contribution is 5.66. The second-order valence-electron chi connectivity index (χ2n) is 9.69. The van der Waals surface area contributed by atoms with E-state index in [0.717, 1.165) is 48.7 Å². The summed E-state index contributed by atoms with van der Waals surface area (Å²) in [6, 6.07) is 7.11. The van der Waals surface area contributed by atoms with Gasteiger partial charge in [0, 0.05) is 36.5 Å². The van der Waals surface area contributed by atoms with Crippen LogP contribution in [-0.2, 0) is 19.8 Å². The van der Waals surface area contributed by atoms with E-state index in [0.29, 0.717) is 40.5 Å². The number of ether oxygens (including phenoxy) is 2. The molecule has 1 aromatic carbocycles.